The first-order valence-electron chi connectivity index (χ1n) is 7.55. The molecular weight excluding hydrogens is 280 g/mol. The van der Waals surface area contributed by atoms with Crippen LogP contribution in [0.2, 0.25) is 0 Å². The number of hydrogen-bond donors (Lipinski definition) is 1. The van der Waals surface area contributed by atoms with Gasteiger partial charge in [0.15, 0.2) is 0 Å². The van der Waals surface area contributed by atoms with Crippen LogP contribution in [0.15, 0.2) is 42.9 Å². The maximum absolute atomic E-state index is 12.3. The maximum Gasteiger partial charge on any atom is 0.356 e. The molecular formula is C17H20N2O3. The smallest absolute Gasteiger partial charge is 0.356 e. The number of imidazole rings is 1. The number of hydrogen-bond acceptors (Lipinski definition) is 4. The van der Waals surface area contributed by atoms with Gasteiger partial charge >= 0.3 is 5.97 Å². The molecule has 1 N–H and O–H groups in total. The highest BCUT2D eigenvalue weighted by Gasteiger charge is 2.36. The molecule has 3 rings (SSSR count). The van der Waals surface area contributed by atoms with Crippen molar-refractivity contribution in [3.8, 4) is 0 Å². The topological polar surface area (TPSA) is 64.4 Å². The normalized spacial score (nSPS) is 17.5. The van der Waals surface area contributed by atoms with Crippen LogP contribution in [0, 0.1) is 0 Å². The van der Waals surface area contributed by atoms with Crippen LogP contribution < -0.4 is 0 Å². The molecule has 1 fully saturated rings. The molecule has 0 amide bonds. The number of aromatic nitrogens is 2. The Morgan fingerprint density at radius 1 is 1.41 bits per heavy atom. The minimum Gasteiger partial charge on any atom is -0.458 e. The Kier molecular flexibility index (Phi) is 3.98. The van der Waals surface area contributed by atoms with Crippen LogP contribution in [0.5, 0.6) is 0 Å². The quantitative estimate of drug-likeness (QED) is 0.862. The van der Waals surface area contributed by atoms with Gasteiger partial charge in [-0.05, 0) is 31.7 Å². The molecule has 116 valence electrons. The van der Waals surface area contributed by atoms with E-state index in [1.165, 1.54) is 6.20 Å². The minimum absolute atomic E-state index is 0.0157. The third kappa shape index (κ3) is 2.90. The molecule has 0 aliphatic heterocycles. The van der Waals surface area contributed by atoms with Gasteiger partial charge in [-0.25, -0.2) is 9.78 Å². The van der Waals surface area contributed by atoms with Crippen molar-refractivity contribution in [2.24, 2.45) is 0 Å². The van der Waals surface area contributed by atoms with Gasteiger partial charge in [0, 0.05) is 0 Å². The lowest BCUT2D eigenvalue weighted by Gasteiger charge is -2.35. The Balaban J connectivity index is 1.72. The van der Waals surface area contributed by atoms with Gasteiger partial charge in [0.05, 0.1) is 24.2 Å². The second-order valence-electron chi connectivity index (χ2n) is 5.93. The van der Waals surface area contributed by atoms with Crippen molar-refractivity contribution in [1.82, 2.24) is 9.55 Å². The summed E-state index contributed by atoms with van der Waals surface area (Å²) >= 11 is 0. The lowest BCUT2D eigenvalue weighted by Crippen LogP contribution is -2.42. The Morgan fingerprint density at radius 2 is 2.14 bits per heavy atom. The fourth-order valence-corrected chi connectivity index (χ4v) is 2.67. The van der Waals surface area contributed by atoms with Crippen LogP contribution >= 0.6 is 0 Å². The molecule has 22 heavy (non-hydrogen) atoms. The highest BCUT2D eigenvalue weighted by Crippen LogP contribution is 2.32. The first kappa shape index (κ1) is 14.8. The van der Waals surface area contributed by atoms with Gasteiger partial charge < -0.3 is 14.4 Å². The van der Waals surface area contributed by atoms with E-state index in [-0.39, 0.29) is 12.6 Å². The number of ether oxygens (including phenoxy) is 1. The summed E-state index contributed by atoms with van der Waals surface area (Å²) in [4.78, 5) is 16.3. The Hall–Kier alpha value is -2.14. The van der Waals surface area contributed by atoms with Crippen molar-refractivity contribution in [3.05, 3.63) is 54.1 Å². The van der Waals surface area contributed by atoms with Gasteiger partial charge in [0.2, 0.25) is 0 Å². The van der Waals surface area contributed by atoms with E-state index in [0.717, 1.165) is 12.0 Å². The Labute approximate surface area is 129 Å². The van der Waals surface area contributed by atoms with E-state index in [1.807, 2.05) is 37.3 Å². The van der Waals surface area contributed by atoms with E-state index in [1.54, 1.807) is 10.9 Å². The molecule has 1 aliphatic carbocycles. The molecule has 0 bridgehead atoms. The summed E-state index contributed by atoms with van der Waals surface area (Å²) in [6, 6.07) is 9.89. The Bertz CT molecular complexity index is 647. The molecule has 0 radical (unpaired) electrons. The highest BCUT2D eigenvalue weighted by molar-refractivity contribution is 5.87. The van der Waals surface area contributed by atoms with Crippen molar-refractivity contribution in [1.29, 1.82) is 0 Å². The van der Waals surface area contributed by atoms with E-state index in [0.29, 0.717) is 18.5 Å². The first-order chi connectivity index (χ1) is 10.6. The zero-order valence-corrected chi connectivity index (χ0v) is 12.6. The van der Waals surface area contributed by atoms with E-state index >= 15 is 0 Å². The fourth-order valence-electron chi connectivity index (χ4n) is 2.67. The molecule has 1 heterocycles. The Morgan fingerprint density at radius 3 is 2.77 bits per heavy atom. The summed E-state index contributed by atoms with van der Waals surface area (Å²) in [5, 5.41) is 10.0. The van der Waals surface area contributed by atoms with Gasteiger partial charge in [-0.2, -0.15) is 0 Å². The zero-order valence-electron chi connectivity index (χ0n) is 12.6. The monoisotopic (exact) mass is 300 g/mol. The van der Waals surface area contributed by atoms with Crippen LogP contribution in [-0.2, 0) is 4.74 Å². The summed E-state index contributed by atoms with van der Waals surface area (Å²) in [5.41, 5.74) is 0.664. The predicted molar refractivity (Wildman–Crippen MR) is 81.6 cm³/mol. The van der Waals surface area contributed by atoms with Gasteiger partial charge in [-0.15, -0.1) is 0 Å². The third-order valence-electron chi connectivity index (χ3n) is 4.33. The van der Waals surface area contributed by atoms with Gasteiger partial charge in [-0.3, -0.25) is 0 Å². The average Bonchev–Trinajstić information content (AvgIpc) is 3.00. The van der Waals surface area contributed by atoms with Crippen LogP contribution in [-0.4, -0.2) is 32.8 Å². The summed E-state index contributed by atoms with van der Waals surface area (Å²) in [5.74, 6) is -0.444. The summed E-state index contributed by atoms with van der Waals surface area (Å²) < 4.78 is 7.06. The van der Waals surface area contributed by atoms with Gasteiger partial charge in [0.25, 0.3) is 0 Å². The lowest BCUT2D eigenvalue weighted by atomic mass is 9.81. The van der Waals surface area contributed by atoms with Gasteiger partial charge in [-0.1, -0.05) is 30.3 Å². The number of esters is 1. The second kappa shape index (κ2) is 5.93. The van der Waals surface area contributed by atoms with E-state index in [2.05, 4.69) is 4.98 Å². The summed E-state index contributed by atoms with van der Waals surface area (Å²) in [7, 11) is 0. The molecule has 0 unspecified atom stereocenters. The SMILES string of the molecule is C[C@H](c1ccccc1)n1cncc1C(=O)OCC1(O)CCC1. The number of rotatable bonds is 5. The standard InChI is InChI=1S/C17H20N2O3/c1-13(14-6-3-2-4-7-14)19-12-18-10-15(19)16(20)22-11-17(21)8-5-9-17/h2-4,6-7,10,12-13,21H,5,8-9,11H2,1H3/t13-/m1/s1. The molecule has 5 nitrogen and oxygen atoms in total. The zero-order chi connectivity index (χ0) is 15.6. The number of aliphatic hydroxyl groups is 1. The molecule has 2 aromatic rings. The van der Waals surface area contributed by atoms with Crippen molar-refractivity contribution in [3.63, 3.8) is 0 Å². The number of nitrogens with zero attached hydrogens (tertiary/aromatic N) is 2. The van der Waals surface area contributed by atoms with Crippen molar-refractivity contribution >= 4 is 5.97 Å². The van der Waals surface area contributed by atoms with Crippen molar-refractivity contribution in [2.75, 3.05) is 6.61 Å². The van der Waals surface area contributed by atoms with E-state index in [9.17, 15) is 9.90 Å². The van der Waals surface area contributed by atoms with E-state index in [4.69, 9.17) is 4.74 Å². The molecule has 1 atom stereocenters. The molecule has 1 aromatic heterocycles. The number of benzene rings is 1. The lowest BCUT2D eigenvalue weighted by molar-refractivity contribution is -0.0812. The van der Waals surface area contributed by atoms with Crippen LogP contribution in [0.4, 0.5) is 0 Å². The largest absolute Gasteiger partial charge is 0.458 e. The fraction of sp³-hybridized carbons (Fsp3) is 0.412. The van der Waals surface area contributed by atoms with Crippen molar-refractivity contribution in [2.45, 2.75) is 37.8 Å². The second-order valence-corrected chi connectivity index (χ2v) is 5.93. The first-order valence-corrected chi connectivity index (χ1v) is 7.55. The van der Waals surface area contributed by atoms with Gasteiger partial charge in [0.1, 0.15) is 12.3 Å². The molecule has 0 saturated heterocycles. The molecule has 1 aliphatic rings. The van der Waals surface area contributed by atoms with Crippen molar-refractivity contribution < 1.29 is 14.6 Å². The maximum atomic E-state index is 12.3. The highest BCUT2D eigenvalue weighted by atomic mass is 16.5. The van der Waals surface area contributed by atoms with E-state index < -0.39 is 11.6 Å². The summed E-state index contributed by atoms with van der Waals surface area (Å²) in [6.45, 7) is 2.06. The molecule has 5 heteroatoms. The van der Waals surface area contributed by atoms with Crippen LogP contribution in [0.3, 0.4) is 0 Å². The predicted octanol–water partition coefficient (Wildman–Crippen LogP) is 2.56. The molecule has 0 spiro atoms. The molecule has 1 saturated carbocycles. The molecule has 1 aromatic carbocycles. The number of carbonyl (C=O) groups is 1. The third-order valence-corrected chi connectivity index (χ3v) is 4.33. The van der Waals surface area contributed by atoms with Crippen LogP contribution in [0.1, 0.15) is 48.3 Å². The average molecular weight is 300 g/mol. The van der Waals surface area contributed by atoms with Crippen LogP contribution in [0.25, 0.3) is 0 Å². The number of carbonyl (C=O) groups excluding carboxylic acids is 1. The minimum atomic E-state index is -0.828. The summed E-state index contributed by atoms with van der Waals surface area (Å²) in [6.07, 6.45) is 5.51.